The topological polar surface area (TPSA) is 104 Å². The zero-order valence-corrected chi connectivity index (χ0v) is 28.1. The van der Waals surface area contributed by atoms with Crippen LogP contribution in [-0.4, -0.2) is 43.1 Å². The van der Waals surface area contributed by atoms with E-state index in [1.807, 2.05) is 12.1 Å². The van der Waals surface area contributed by atoms with Gasteiger partial charge in [0.2, 0.25) is 5.75 Å². The van der Waals surface area contributed by atoms with Gasteiger partial charge in [-0.2, -0.15) is 9.78 Å². The number of carbonyl (C=O) groups excluding carboxylic acids is 1. The van der Waals surface area contributed by atoms with Crippen molar-refractivity contribution in [1.82, 2.24) is 15.0 Å². The number of nitrogens with one attached hydrogen (secondary N) is 1. The number of halogens is 3. The normalized spacial score (nSPS) is 11.6. The lowest BCUT2D eigenvalue weighted by Crippen LogP contribution is -2.29. The highest BCUT2D eigenvalue weighted by Crippen LogP contribution is 2.38. The van der Waals surface area contributed by atoms with Crippen molar-refractivity contribution in [2.75, 3.05) is 21.3 Å². The third-order valence-corrected chi connectivity index (χ3v) is 8.02. The number of carbonyl (C=O) groups is 1. The van der Waals surface area contributed by atoms with Gasteiger partial charge in [-0.3, -0.25) is 9.59 Å². The molecule has 0 unspecified atom stereocenters. The molecule has 5 aromatic rings. The molecule has 1 aromatic heterocycles. The van der Waals surface area contributed by atoms with Gasteiger partial charge in [0.25, 0.3) is 11.5 Å². The van der Waals surface area contributed by atoms with Gasteiger partial charge < -0.3 is 19.5 Å². The first-order chi connectivity index (χ1) is 21.7. The first kappa shape index (κ1) is 32.0. The summed E-state index contributed by atoms with van der Waals surface area (Å²) in [5.74, 6) is 0.863. The summed E-state index contributed by atoms with van der Waals surface area (Å²) >= 11 is 13.5. The predicted octanol–water partition coefficient (Wildman–Crippen LogP) is 7.41. The predicted molar refractivity (Wildman–Crippen MR) is 184 cm³/mol. The summed E-state index contributed by atoms with van der Waals surface area (Å²) in [5, 5.41) is 8.21. The molecule has 228 valence electrons. The summed E-state index contributed by atoms with van der Waals surface area (Å²) in [6.45, 7) is 0. The van der Waals surface area contributed by atoms with Crippen molar-refractivity contribution >= 4 is 78.3 Å². The van der Waals surface area contributed by atoms with Gasteiger partial charge >= 0.3 is 0 Å². The summed E-state index contributed by atoms with van der Waals surface area (Å²) < 4.78 is 18.7. The SMILES string of the molecule is COc1cc(/C=N/n2c(/C(=C/c3ccccc3Cl)NC(=O)c3ccccc3)nc3c(Br)cc(Br)cc3c2=O)cc(OC)c1OC. The monoisotopic (exact) mass is 750 g/mol. The molecule has 5 rings (SSSR count). The number of fused-ring (bicyclic) bond motifs is 1. The standard InChI is InChI=1S/C33H25Br2ClN4O5/c1-43-27-13-19(14-28(44-2)30(27)45-3)18-37-40-31(39-29-23(33(40)42)16-22(34)17-24(29)35)26(15-21-11-7-8-12-25(21)36)38-32(41)20-9-5-4-6-10-20/h4-18H,1-3H3,(H,38,41)/b26-15-,37-18+. The van der Waals surface area contributed by atoms with Gasteiger partial charge in [0.05, 0.1) is 44.1 Å². The number of amides is 1. The minimum absolute atomic E-state index is 0.0587. The minimum atomic E-state index is -0.486. The number of aromatic nitrogens is 2. The summed E-state index contributed by atoms with van der Waals surface area (Å²) in [7, 11) is 4.52. The molecule has 9 nitrogen and oxygen atoms in total. The van der Waals surface area contributed by atoms with E-state index in [2.05, 4.69) is 42.3 Å². The van der Waals surface area contributed by atoms with Gasteiger partial charge in [-0.25, -0.2) is 4.98 Å². The highest BCUT2D eigenvalue weighted by molar-refractivity contribution is 9.11. The molecule has 0 bridgehead atoms. The van der Waals surface area contributed by atoms with Crippen molar-refractivity contribution in [2.45, 2.75) is 0 Å². The van der Waals surface area contributed by atoms with E-state index in [0.717, 1.165) is 4.68 Å². The Hall–Kier alpha value is -4.45. The zero-order valence-electron chi connectivity index (χ0n) is 24.2. The van der Waals surface area contributed by atoms with Crippen LogP contribution in [0.2, 0.25) is 5.02 Å². The highest BCUT2D eigenvalue weighted by Gasteiger charge is 2.20. The van der Waals surface area contributed by atoms with E-state index in [1.165, 1.54) is 27.5 Å². The molecule has 0 fully saturated rings. The van der Waals surface area contributed by atoms with Crippen LogP contribution in [0.5, 0.6) is 17.2 Å². The van der Waals surface area contributed by atoms with Crippen LogP contribution < -0.4 is 25.1 Å². The average molecular weight is 753 g/mol. The average Bonchev–Trinajstić information content (AvgIpc) is 3.05. The molecule has 0 radical (unpaired) electrons. The number of benzene rings is 4. The fourth-order valence-corrected chi connectivity index (χ4v) is 5.98. The van der Waals surface area contributed by atoms with Gasteiger partial charge in [0.15, 0.2) is 17.3 Å². The number of hydrogen-bond donors (Lipinski definition) is 1. The van der Waals surface area contributed by atoms with Gasteiger partial charge in [0, 0.05) is 25.1 Å². The Morgan fingerprint density at radius 3 is 2.24 bits per heavy atom. The molecule has 0 atom stereocenters. The van der Waals surface area contributed by atoms with E-state index in [-0.39, 0.29) is 16.9 Å². The lowest BCUT2D eigenvalue weighted by atomic mass is 10.1. The van der Waals surface area contributed by atoms with Crippen LogP contribution in [0, 0.1) is 0 Å². The molecule has 45 heavy (non-hydrogen) atoms. The van der Waals surface area contributed by atoms with Crippen molar-refractivity contribution in [3.63, 3.8) is 0 Å². The number of nitrogens with zero attached hydrogens (tertiary/aromatic N) is 3. The molecule has 1 N–H and O–H groups in total. The first-order valence-corrected chi connectivity index (χ1v) is 15.3. The Kier molecular flexibility index (Phi) is 10.0. The van der Waals surface area contributed by atoms with Gasteiger partial charge in [-0.15, -0.1) is 0 Å². The number of methoxy groups -OCH3 is 3. The maximum Gasteiger partial charge on any atom is 0.282 e. The first-order valence-electron chi connectivity index (χ1n) is 13.3. The molecule has 4 aromatic carbocycles. The Morgan fingerprint density at radius 2 is 1.60 bits per heavy atom. The molecule has 12 heteroatoms. The molecule has 0 aliphatic heterocycles. The van der Waals surface area contributed by atoms with Crippen LogP contribution >= 0.6 is 43.5 Å². The third-order valence-electron chi connectivity index (χ3n) is 6.61. The Morgan fingerprint density at radius 1 is 0.933 bits per heavy atom. The van der Waals surface area contributed by atoms with Gasteiger partial charge in [-0.1, -0.05) is 63.9 Å². The summed E-state index contributed by atoms with van der Waals surface area (Å²) in [5.41, 5.74) is 1.61. The van der Waals surface area contributed by atoms with E-state index in [9.17, 15) is 9.59 Å². The quantitative estimate of drug-likeness (QED) is 0.157. The van der Waals surface area contributed by atoms with E-state index < -0.39 is 11.5 Å². The van der Waals surface area contributed by atoms with E-state index in [1.54, 1.807) is 72.8 Å². The van der Waals surface area contributed by atoms with E-state index >= 15 is 0 Å². The number of ether oxygens (including phenoxy) is 3. The maximum atomic E-state index is 14.1. The van der Waals surface area contributed by atoms with Crippen LogP contribution in [-0.2, 0) is 0 Å². The lowest BCUT2D eigenvalue weighted by molar-refractivity contribution is 0.0973. The Labute approximate surface area is 280 Å². The molecule has 0 saturated heterocycles. The smallest absolute Gasteiger partial charge is 0.282 e. The molecular weight excluding hydrogens is 728 g/mol. The Balaban J connectivity index is 1.77. The van der Waals surface area contributed by atoms with Gasteiger partial charge in [0.1, 0.15) is 0 Å². The molecule has 0 aliphatic rings. The van der Waals surface area contributed by atoms with Gasteiger partial charge in [-0.05, 0) is 70.0 Å². The zero-order chi connectivity index (χ0) is 32.1. The number of hydrogen-bond acceptors (Lipinski definition) is 7. The van der Waals surface area contributed by atoms with Crippen molar-refractivity contribution < 1.29 is 19.0 Å². The summed E-state index contributed by atoms with van der Waals surface area (Å²) in [6, 6.07) is 22.6. The van der Waals surface area contributed by atoms with Crippen LogP contribution in [0.4, 0.5) is 0 Å². The van der Waals surface area contributed by atoms with Crippen molar-refractivity contribution in [1.29, 1.82) is 0 Å². The summed E-state index contributed by atoms with van der Waals surface area (Å²) in [4.78, 5) is 32.4. The largest absolute Gasteiger partial charge is 0.493 e. The van der Waals surface area contributed by atoms with Crippen molar-refractivity contribution in [3.05, 3.63) is 126 Å². The molecule has 0 saturated carbocycles. The van der Waals surface area contributed by atoms with Crippen LogP contribution in [0.1, 0.15) is 27.3 Å². The van der Waals surface area contributed by atoms with Crippen LogP contribution in [0.15, 0.2) is 97.7 Å². The van der Waals surface area contributed by atoms with Crippen LogP contribution in [0.25, 0.3) is 22.7 Å². The van der Waals surface area contributed by atoms with E-state index in [4.69, 9.17) is 30.8 Å². The molecule has 0 aliphatic carbocycles. The molecule has 1 heterocycles. The minimum Gasteiger partial charge on any atom is -0.493 e. The second-order valence-electron chi connectivity index (χ2n) is 9.44. The summed E-state index contributed by atoms with van der Waals surface area (Å²) in [6.07, 6.45) is 3.11. The molecule has 0 spiro atoms. The van der Waals surface area contributed by atoms with E-state index in [0.29, 0.717) is 53.4 Å². The lowest BCUT2D eigenvalue weighted by Gasteiger charge is -2.15. The second-order valence-corrected chi connectivity index (χ2v) is 11.6. The Bertz CT molecular complexity index is 2010. The third kappa shape index (κ3) is 6.95. The fraction of sp³-hybridized carbons (Fsp3) is 0.0909. The fourth-order valence-electron chi connectivity index (χ4n) is 4.48. The molecular formula is C33H25Br2ClN4O5. The second kappa shape index (κ2) is 14.1. The highest BCUT2D eigenvalue weighted by atomic mass is 79.9. The van der Waals surface area contributed by atoms with Crippen molar-refractivity contribution in [3.8, 4) is 17.2 Å². The van der Waals surface area contributed by atoms with Crippen molar-refractivity contribution in [2.24, 2.45) is 5.10 Å². The maximum absolute atomic E-state index is 14.1. The molecule has 1 amide bonds. The number of rotatable bonds is 9. The van der Waals surface area contributed by atoms with Crippen LogP contribution in [0.3, 0.4) is 0 Å².